The molecule has 1 aliphatic carbocycles. The smallest absolute Gasteiger partial charge is 0.183 e. The number of nitrogens with one attached hydrogen (secondary N) is 1. The molecule has 17 heavy (non-hydrogen) atoms. The minimum atomic E-state index is 0.851. The SMILES string of the molecule is Brc1ccc(-c2csc(NCC3CC3)n2)cn1. The largest absolute Gasteiger partial charge is 0.361 e. The lowest BCUT2D eigenvalue weighted by Crippen LogP contribution is -2.02. The van der Waals surface area contributed by atoms with E-state index in [4.69, 9.17) is 0 Å². The molecular formula is C12H12BrN3S. The van der Waals surface area contributed by atoms with Crippen LogP contribution in [0.2, 0.25) is 0 Å². The van der Waals surface area contributed by atoms with Gasteiger partial charge in [0.05, 0.1) is 5.69 Å². The van der Waals surface area contributed by atoms with Gasteiger partial charge in [-0.05, 0) is 46.8 Å². The van der Waals surface area contributed by atoms with E-state index in [9.17, 15) is 0 Å². The third-order valence-corrected chi connectivity index (χ3v) is 4.04. The van der Waals surface area contributed by atoms with Gasteiger partial charge in [-0.25, -0.2) is 9.97 Å². The van der Waals surface area contributed by atoms with Gasteiger partial charge in [-0.2, -0.15) is 0 Å². The molecule has 3 nitrogen and oxygen atoms in total. The molecule has 0 amide bonds. The number of pyridine rings is 1. The molecule has 2 aromatic rings. The maximum Gasteiger partial charge on any atom is 0.183 e. The van der Waals surface area contributed by atoms with Gasteiger partial charge in [0.2, 0.25) is 0 Å². The summed E-state index contributed by atoms with van der Waals surface area (Å²) < 4.78 is 0.851. The molecule has 0 spiro atoms. The molecule has 0 saturated heterocycles. The van der Waals surface area contributed by atoms with Crippen LogP contribution in [0.4, 0.5) is 5.13 Å². The lowest BCUT2D eigenvalue weighted by Gasteiger charge is -1.99. The molecule has 0 unspecified atom stereocenters. The van der Waals surface area contributed by atoms with E-state index in [2.05, 4.69) is 36.6 Å². The maximum absolute atomic E-state index is 4.56. The second-order valence-corrected chi connectivity index (χ2v) is 5.90. The van der Waals surface area contributed by atoms with Crippen molar-refractivity contribution in [3.63, 3.8) is 0 Å². The predicted molar refractivity (Wildman–Crippen MR) is 74.3 cm³/mol. The fourth-order valence-corrected chi connectivity index (χ4v) is 2.53. The Morgan fingerprint density at radius 1 is 1.41 bits per heavy atom. The van der Waals surface area contributed by atoms with Gasteiger partial charge in [0.15, 0.2) is 5.13 Å². The monoisotopic (exact) mass is 309 g/mol. The van der Waals surface area contributed by atoms with E-state index in [1.54, 1.807) is 11.3 Å². The van der Waals surface area contributed by atoms with Gasteiger partial charge < -0.3 is 5.32 Å². The summed E-state index contributed by atoms with van der Waals surface area (Å²) in [5, 5.41) is 6.46. The first kappa shape index (κ1) is 11.2. The fourth-order valence-electron chi connectivity index (χ4n) is 1.57. The summed E-state index contributed by atoms with van der Waals surface area (Å²) in [7, 11) is 0. The van der Waals surface area contributed by atoms with Gasteiger partial charge in [0.1, 0.15) is 4.60 Å². The molecule has 0 aromatic carbocycles. The second-order valence-electron chi connectivity index (χ2n) is 4.23. The minimum Gasteiger partial charge on any atom is -0.361 e. The molecular weight excluding hydrogens is 298 g/mol. The van der Waals surface area contributed by atoms with Gasteiger partial charge in [0.25, 0.3) is 0 Å². The first-order valence-electron chi connectivity index (χ1n) is 5.62. The van der Waals surface area contributed by atoms with E-state index < -0.39 is 0 Å². The van der Waals surface area contributed by atoms with Crippen LogP contribution in [0.3, 0.4) is 0 Å². The van der Waals surface area contributed by atoms with E-state index in [0.29, 0.717) is 0 Å². The number of anilines is 1. The Morgan fingerprint density at radius 3 is 3.00 bits per heavy atom. The summed E-state index contributed by atoms with van der Waals surface area (Å²) in [5.41, 5.74) is 2.05. The fraction of sp³-hybridized carbons (Fsp3) is 0.333. The highest BCUT2D eigenvalue weighted by atomic mass is 79.9. The van der Waals surface area contributed by atoms with Gasteiger partial charge in [0, 0.05) is 23.7 Å². The van der Waals surface area contributed by atoms with Crippen molar-refractivity contribution in [1.82, 2.24) is 9.97 Å². The number of rotatable bonds is 4. The van der Waals surface area contributed by atoms with Crippen molar-refractivity contribution in [3.05, 3.63) is 28.3 Å². The number of hydrogen-bond acceptors (Lipinski definition) is 4. The minimum absolute atomic E-state index is 0.851. The Hall–Kier alpha value is -0.940. The lowest BCUT2D eigenvalue weighted by molar-refractivity contribution is 0.887. The molecule has 88 valence electrons. The van der Waals surface area contributed by atoms with Gasteiger partial charge in [-0.15, -0.1) is 11.3 Å². The second kappa shape index (κ2) is 4.74. The number of aromatic nitrogens is 2. The van der Waals surface area contributed by atoms with Crippen LogP contribution in [0.15, 0.2) is 28.3 Å². The van der Waals surface area contributed by atoms with Crippen molar-refractivity contribution >= 4 is 32.4 Å². The van der Waals surface area contributed by atoms with Crippen molar-refractivity contribution in [3.8, 4) is 11.3 Å². The van der Waals surface area contributed by atoms with Crippen molar-refractivity contribution < 1.29 is 0 Å². The van der Waals surface area contributed by atoms with Crippen LogP contribution in [0, 0.1) is 5.92 Å². The van der Waals surface area contributed by atoms with Crippen LogP contribution < -0.4 is 5.32 Å². The van der Waals surface area contributed by atoms with Crippen LogP contribution in [-0.2, 0) is 0 Å². The molecule has 0 bridgehead atoms. The number of hydrogen-bond donors (Lipinski definition) is 1. The zero-order valence-corrected chi connectivity index (χ0v) is 11.6. The van der Waals surface area contributed by atoms with Crippen LogP contribution >= 0.6 is 27.3 Å². The zero-order valence-electron chi connectivity index (χ0n) is 9.19. The third-order valence-electron chi connectivity index (χ3n) is 2.77. The van der Waals surface area contributed by atoms with Crippen molar-refractivity contribution in [1.29, 1.82) is 0 Å². The van der Waals surface area contributed by atoms with E-state index >= 15 is 0 Å². The number of halogens is 1. The Kier molecular flexibility index (Phi) is 3.11. The Bertz CT molecular complexity index is 505. The summed E-state index contributed by atoms with van der Waals surface area (Å²) in [6, 6.07) is 3.96. The molecule has 3 rings (SSSR count). The number of nitrogens with zero attached hydrogens (tertiary/aromatic N) is 2. The first-order valence-corrected chi connectivity index (χ1v) is 7.30. The van der Waals surface area contributed by atoms with Crippen LogP contribution in [-0.4, -0.2) is 16.5 Å². The van der Waals surface area contributed by atoms with Crippen molar-refractivity contribution in [2.24, 2.45) is 5.92 Å². The topological polar surface area (TPSA) is 37.8 Å². The van der Waals surface area contributed by atoms with Crippen molar-refractivity contribution in [2.75, 3.05) is 11.9 Å². The molecule has 2 aromatic heterocycles. The van der Waals surface area contributed by atoms with Crippen molar-refractivity contribution in [2.45, 2.75) is 12.8 Å². The quantitative estimate of drug-likeness (QED) is 0.873. The summed E-state index contributed by atoms with van der Waals surface area (Å²) in [4.78, 5) is 8.77. The third kappa shape index (κ3) is 2.84. The summed E-state index contributed by atoms with van der Waals surface area (Å²) in [5.74, 6) is 0.872. The lowest BCUT2D eigenvalue weighted by atomic mass is 10.2. The van der Waals surface area contributed by atoms with Crippen LogP contribution in [0.5, 0.6) is 0 Å². The molecule has 2 heterocycles. The normalized spacial score (nSPS) is 14.9. The average Bonchev–Trinajstić information content (AvgIpc) is 3.06. The van der Waals surface area contributed by atoms with E-state index in [0.717, 1.165) is 33.5 Å². The molecule has 1 N–H and O–H groups in total. The number of thiazole rings is 1. The van der Waals surface area contributed by atoms with Crippen LogP contribution in [0.25, 0.3) is 11.3 Å². The standard InChI is InChI=1S/C12H12BrN3S/c13-11-4-3-9(6-14-11)10-7-17-12(16-10)15-5-8-1-2-8/h3-4,6-8H,1-2,5H2,(H,15,16). The highest BCUT2D eigenvalue weighted by molar-refractivity contribution is 9.10. The Labute approximate surface area is 112 Å². The highest BCUT2D eigenvalue weighted by Gasteiger charge is 2.21. The van der Waals surface area contributed by atoms with Gasteiger partial charge >= 0.3 is 0 Å². The summed E-state index contributed by atoms with van der Waals surface area (Å²) in [6.45, 7) is 1.06. The average molecular weight is 310 g/mol. The van der Waals surface area contributed by atoms with Gasteiger partial charge in [-0.3, -0.25) is 0 Å². The predicted octanol–water partition coefficient (Wildman–Crippen LogP) is 3.79. The summed E-state index contributed by atoms with van der Waals surface area (Å²) in [6.07, 6.45) is 4.56. The molecule has 0 aliphatic heterocycles. The molecule has 1 saturated carbocycles. The van der Waals surface area contributed by atoms with E-state index in [1.165, 1.54) is 12.8 Å². The summed E-state index contributed by atoms with van der Waals surface area (Å²) >= 11 is 4.99. The molecule has 0 radical (unpaired) electrons. The molecule has 1 fully saturated rings. The first-order chi connectivity index (χ1) is 8.31. The van der Waals surface area contributed by atoms with E-state index in [-0.39, 0.29) is 0 Å². The molecule has 1 aliphatic rings. The zero-order chi connectivity index (χ0) is 11.7. The maximum atomic E-state index is 4.56. The molecule has 5 heteroatoms. The Balaban J connectivity index is 1.72. The highest BCUT2D eigenvalue weighted by Crippen LogP contribution is 2.30. The Morgan fingerprint density at radius 2 is 2.29 bits per heavy atom. The molecule has 0 atom stereocenters. The van der Waals surface area contributed by atoms with Crippen LogP contribution in [0.1, 0.15) is 12.8 Å². The van der Waals surface area contributed by atoms with Gasteiger partial charge in [-0.1, -0.05) is 0 Å². The van der Waals surface area contributed by atoms with E-state index in [1.807, 2.05) is 18.3 Å².